The van der Waals surface area contributed by atoms with E-state index in [0.29, 0.717) is 62.5 Å². The number of halogens is 11. The van der Waals surface area contributed by atoms with Gasteiger partial charge in [-0.05, 0) is 216 Å². The molecule has 14 N–H and O–H groups in total. The molecule has 726 valence electrons. The molecule has 139 heavy (non-hydrogen) atoms. The molecule has 12 aromatic carbocycles. The fourth-order valence-electron chi connectivity index (χ4n) is 12.0. The van der Waals surface area contributed by atoms with Crippen molar-refractivity contribution in [2.24, 2.45) is 10.9 Å². The summed E-state index contributed by atoms with van der Waals surface area (Å²) in [7, 11) is -2.41. The van der Waals surface area contributed by atoms with Crippen LogP contribution in [0.15, 0.2) is 216 Å². The minimum absolute atomic E-state index is 0.0159. The molecule has 0 aromatic heterocycles. The zero-order chi connectivity index (χ0) is 102. The van der Waals surface area contributed by atoms with Crippen LogP contribution in [0.5, 0.6) is 57.5 Å². The second kappa shape index (κ2) is 48.7. The number of carbonyl (C=O) groups is 9. The normalized spacial score (nSPS) is 11.4. The molecule has 42 heteroatoms. The van der Waals surface area contributed by atoms with E-state index in [1.807, 2.05) is 0 Å². The van der Waals surface area contributed by atoms with Gasteiger partial charge in [0.05, 0.1) is 78.3 Å². The van der Waals surface area contributed by atoms with Gasteiger partial charge in [0, 0.05) is 80.1 Å². The summed E-state index contributed by atoms with van der Waals surface area (Å²) in [5, 5.41) is 72.8. The Morgan fingerprint density at radius 3 is 1.27 bits per heavy atom. The highest BCUT2D eigenvalue weighted by Gasteiger charge is 2.35. The zero-order valence-corrected chi connectivity index (χ0v) is 79.8. The molecule has 0 spiro atoms. The minimum Gasteiger partial charge on any atom is -0.508 e. The van der Waals surface area contributed by atoms with Crippen LogP contribution in [0.4, 0.5) is 78.8 Å². The second-order valence-electron chi connectivity index (χ2n) is 30.1. The predicted octanol–water partition coefficient (Wildman–Crippen LogP) is 22.6. The third kappa shape index (κ3) is 29.3. The first-order valence-corrected chi connectivity index (χ1v) is 44.9. The fourth-order valence-corrected chi connectivity index (χ4v) is 15.0. The number of sulfone groups is 1. The number of carbonyl (C=O) groups excluding carboxylic acids is 9. The second-order valence-corrected chi connectivity index (χ2v) is 34.7. The van der Waals surface area contributed by atoms with E-state index < -0.39 is 120 Å². The first-order valence-electron chi connectivity index (χ1n) is 41.1. The van der Waals surface area contributed by atoms with Crippen molar-refractivity contribution in [1.29, 1.82) is 0 Å². The standard InChI is InChI=1S/C25H19ClF5N3O5.C25H25N3O5.C24H21Cl3N2O5S.C23H20Cl2N2O5/c1-3-17(36)32-11-4-6-12(7-5-11)39-10(2)24(37)33-14-9-16(35)15(8-13(14)26)34-25(38)18-19(27)21(29)23(31)22(30)20(18)28;1-15(2)24(30)28-21-13-22(29)20(27-25(31)16-5-7-17(26-3)8-6-16)14-23(21)33-19-11-9-18(32-4)10-12-19;1-3-22(35(33,34)17-6-4-5-13(2)7-17)24(32)28-19-12-21(30)20(11-18(19)27)29-23(31)14-8-15(25)10-16(26)9-14;1-12-9-16(7-8-20(12)28)32-13(2)22(30)26-18-11-21(29)19(10-17(18)25)27-23(31)14-3-5-15(24)6-4-14/h4-10,35H,3H2,1-2H3,(H,32,36)(H,33,37)(H,34,38);5-15,29H,3H2,1-2,4H3,(H,27,31)(H,28,30);4-12,22,30H,3H2,1-2H3,(H,28,32)(H,29,31);3-11,13,28-29H,1-2H3,(H,26,30)(H,27,31). The van der Waals surface area contributed by atoms with Gasteiger partial charge < -0.3 is 92.3 Å². The van der Waals surface area contributed by atoms with E-state index in [-0.39, 0.29) is 123 Å². The summed E-state index contributed by atoms with van der Waals surface area (Å²) in [6.45, 7) is 16.6. The summed E-state index contributed by atoms with van der Waals surface area (Å²) < 4.78 is 116. The van der Waals surface area contributed by atoms with Crippen LogP contribution in [0, 0.1) is 48.9 Å². The molecule has 0 aliphatic heterocycles. The van der Waals surface area contributed by atoms with Crippen molar-refractivity contribution in [3.8, 4) is 57.5 Å². The maximum atomic E-state index is 13.9. The summed E-state index contributed by atoms with van der Waals surface area (Å²) >= 11 is 36.2. The predicted molar refractivity (Wildman–Crippen MR) is 522 cm³/mol. The summed E-state index contributed by atoms with van der Waals surface area (Å²) in [5.41, 5.74) is 1.48. The van der Waals surface area contributed by atoms with Gasteiger partial charge in [-0.25, -0.2) is 30.4 Å². The Hall–Kier alpha value is -14.9. The lowest BCUT2D eigenvalue weighted by Crippen LogP contribution is -2.34. The number of hydrogen-bond acceptors (Lipinski definition) is 21. The third-order valence-electron chi connectivity index (χ3n) is 19.5. The van der Waals surface area contributed by atoms with E-state index in [1.54, 1.807) is 170 Å². The molecule has 0 radical (unpaired) electrons. The largest absolute Gasteiger partial charge is 0.508 e. The van der Waals surface area contributed by atoms with Crippen LogP contribution in [0.2, 0.25) is 30.1 Å². The number of nitrogens with zero attached hydrogens (tertiary/aromatic N) is 1. The fraction of sp³-hybridized carbons (Fsp3) is 0.155. The van der Waals surface area contributed by atoms with Gasteiger partial charge in [-0.15, -0.1) is 0 Å². The first-order chi connectivity index (χ1) is 65.7. The summed E-state index contributed by atoms with van der Waals surface area (Å²) in [6.07, 6.45) is -1.65. The van der Waals surface area contributed by atoms with E-state index in [1.165, 1.54) is 85.8 Å². The number of rotatable bonds is 29. The van der Waals surface area contributed by atoms with E-state index in [9.17, 15) is 99.1 Å². The lowest BCUT2D eigenvalue weighted by Gasteiger charge is -2.18. The average Bonchev–Trinajstić information content (AvgIpc) is 0.783. The number of phenols is 5. The molecule has 0 bridgehead atoms. The molecule has 3 atom stereocenters. The molecule has 0 aliphatic carbocycles. The van der Waals surface area contributed by atoms with Gasteiger partial charge in [0.1, 0.15) is 62.6 Å². The Morgan fingerprint density at radius 1 is 0.403 bits per heavy atom. The third-order valence-corrected chi connectivity index (χ3v) is 23.4. The topological polar surface area (TPSA) is 446 Å². The number of amides is 9. The van der Waals surface area contributed by atoms with Crippen molar-refractivity contribution < 1.29 is 118 Å². The molecule has 3 unspecified atom stereocenters. The number of aromatic hydroxyl groups is 5. The van der Waals surface area contributed by atoms with Gasteiger partial charge >= 0.3 is 0 Å². The van der Waals surface area contributed by atoms with Crippen LogP contribution in [-0.2, 0) is 33.8 Å². The van der Waals surface area contributed by atoms with Gasteiger partial charge in [0.15, 0.2) is 51.1 Å². The molecule has 12 aromatic rings. The maximum Gasteiger partial charge on any atom is 0.265 e. The molecular formula is C97H85Cl6F5N10O20S. The smallest absolute Gasteiger partial charge is 0.265 e. The van der Waals surface area contributed by atoms with Gasteiger partial charge in [0.25, 0.3) is 35.4 Å². The minimum atomic E-state index is -3.97. The van der Waals surface area contributed by atoms with Crippen LogP contribution in [-0.4, -0.2) is 118 Å². The van der Waals surface area contributed by atoms with Crippen LogP contribution < -0.4 is 66.8 Å². The van der Waals surface area contributed by atoms with Crippen molar-refractivity contribution in [1.82, 2.24) is 0 Å². The number of nitrogens with one attached hydrogen (secondary N) is 9. The van der Waals surface area contributed by atoms with Crippen molar-refractivity contribution in [2.75, 3.05) is 55.0 Å². The summed E-state index contributed by atoms with van der Waals surface area (Å²) in [4.78, 5) is 115. The van der Waals surface area contributed by atoms with Gasteiger partial charge in [0.2, 0.25) is 23.5 Å². The Labute approximate surface area is 821 Å². The lowest BCUT2D eigenvalue weighted by molar-refractivity contribution is -0.122. The SMILES string of the molecule is C=Nc1ccc(C(=O)Nc2cc(Oc3ccc(OC)cc3)c(NC(=O)C(C)C)cc2O)cc1.CCC(=O)Nc1ccc(OC(C)C(=O)Nc2cc(O)c(NC(=O)c3c(F)c(F)c(F)c(F)c3F)cc2Cl)cc1.CCC(C(=O)Nc1cc(O)c(NC(=O)c2cc(Cl)cc(Cl)c2)cc1Cl)S(=O)(=O)c1cccc(C)c1.Cc1cc(OC(C)C(=O)Nc2cc(O)c(NC(=O)c3ccc(Cl)cc3)cc2Cl)ccc1O. The number of ether oxygens (including phenoxy) is 4. The maximum absolute atomic E-state index is 13.9. The highest BCUT2D eigenvalue weighted by atomic mass is 35.5. The van der Waals surface area contributed by atoms with Gasteiger partial charge in [-0.2, -0.15) is 0 Å². The molecule has 30 nitrogen and oxygen atoms in total. The molecule has 0 saturated heterocycles. The number of anilines is 9. The van der Waals surface area contributed by atoms with Crippen LogP contribution >= 0.6 is 69.6 Å². The van der Waals surface area contributed by atoms with E-state index in [4.69, 9.17) is 88.6 Å². The monoisotopic (exact) mass is 2050 g/mol. The van der Waals surface area contributed by atoms with Crippen LogP contribution in [0.1, 0.15) is 107 Å². The van der Waals surface area contributed by atoms with Crippen LogP contribution in [0.25, 0.3) is 0 Å². The van der Waals surface area contributed by atoms with Crippen molar-refractivity contribution in [3.63, 3.8) is 0 Å². The molecule has 0 fully saturated rings. The van der Waals surface area contributed by atoms with E-state index >= 15 is 0 Å². The molecule has 0 heterocycles. The Morgan fingerprint density at radius 2 is 0.820 bits per heavy atom. The first kappa shape index (κ1) is 108. The number of benzene rings is 12. The van der Waals surface area contributed by atoms with Crippen molar-refractivity contribution in [2.45, 2.75) is 90.6 Å². The number of aryl methyl sites for hydroxylation is 2. The number of aliphatic imine (C=N–C) groups is 1. The Kier molecular flexibility index (Phi) is 37.7. The Bertz CT molecular complexity index is 6760. The van der Waals surface area contributed by atoms with Crippen LogP contribution in [0.3, 0.4) is 0 Å². The van der Waals surface area contributed by atoms with Crippen molar-refractivity contribution in [3.05, 3.63) is 299 Å². The van der Waals surface area contributed by atoms with E-state index in [2.05, 4.69) is 54.2 Å². The summed E-state index contributed by atoms with van der Waals surface area (Å²) in [6, 6.07) is 50.4. The highest BCUT2D eigenvalue weighted by molar-refractivity contribution is 7.92. The van der Waals surface area contributed by atoms with E-state index in [0.717, 1.165) is 23.8 Å². The molecular weight excluding hydrogens is 1960 g/mol. The number of methoxy groups -OCH3 is 1. The van der Waals surface area contributed by atoms with Gasteiger partial charge in [-0.1, -0.05) is 109 Å². The molecule has 0 saturated carbocycles. The highest BCUT2D eigenvalue weighted by Crippen LogP contribution is 2.42. The molecule has 12 rings (SSSR count). The average molecular weight is 2050 g/mol. The van der Waals surface area contributed by atoms with Crippen molar-refractivity contribution >= 4 is 196 Å². The molecule has 0 aliphatic rings. The molecule has 9 amide bonds. The lowest BCUT2D eigenvalue weighted by atomic mass is 10.1. The Balaban J connectivity index is 0.000000208. The number of hydrogen-bond donors (Lipinski definition) is 14. The zero-order valence-electron chi connectivity index (χ0n) is 74.4. The number of phenolic OH excluding ortho intramolecular Hbond substituents is 5. The summed E-state index contributed by atoms with van der Waals surface area (Å²) in [5.74, 6) is -17.3. The van der Waals surface area contributed by atoms with Gasteiger partial charge in [-0.3, -0.25) is 48.1 Å². The quantitative estimate of drug-likeness (QED) is 0.00680.